The van der Waals surface area contributed by atoms with E-state index < -0.39 is 11.9 Å². The summed E-state index contributed by atoms with van der Waals surface area (Å²) >= 11 is 0. The van der Waals surface area contributed by atoms with Crippen molar-refractivity contribution in [1.82, 2.24) is 9.88 Å². The molecule has 0 radical (unpaired) electrons. The van der Waals surface area contributed by atoms with Crippen molar-refractivity contribution in [2.24, 2.45) is 0 Å². The smallest absolute Gasteiger partial charge is 0.251 e. The fourth-order valence-electron chi connectivity index (χ4n) is 3.31. The van der Waals surface area contributed by atoms with Gasteiger partial charge in [-0.05, 0) is 18.9 Å². The molecule has 1 N–H and O–H groups in total. The van der Waals surface area contributed by atoms with Gasteiger partial charge in [0.15, 0.2) is 11.8 Å². The molecule has 3 rings (SSSR count). The van der Waals surface area contributed by atoms with Gasteiger partial charge in [0.2, 0.25) is 0 Å². The molecule has 0 aliphatic heterocycles. The zero-order valence-corrected chi connectivity index (χ0v) is 14.1. The molecule has 1 atom stereocenters. The summed E-state index contributed by atoms with van der Waals surface area (Å²) in [6.45, 7) is 0. The Bertz CT molecular complexity index is 792. The fraction of sp³-hybridized carbons (Fsp3) is 0.350. The third-order valence-electron chi connectivity index (χ3n) is 4.64. The van der Waals surface area contributed by atoms with Crippen LogP contribution in [0.2, 0.25) is 0 Å². The summed E-state index contributed by atoms with van der Waals surface area (Å²) in [5.74, 6) is -0.781. The molecule has 25 heavy (non-hydrogen) atoms. The molecule has 0 bridgehead atoms. The first-order valence-corrected chi connectivity index (χ1v) is 8.73. The van der Waals surface area contributed by atoms with Crippen LogP contribution in [0.3, 0.4) is 0 Å². The molecule has 1 heterocycles. The summed E-state index contributed by atoms with van der Waals surface area (Å²) in [4.78, 5) is 38.1. The van der Waals surface area contributed by atoms with Gasteiger partial charge in [0.1, 0.15) is 0 Å². The van der Waals surface area contributed by atoms with Crippen LogP contribution in [0.1, 0.15) is 48.5 Å². The Morgan fingerprint density at radius 3 is 2.32 bits per heavy atom. The Morgan fingerprint density at radius 1 is 0.960 bits per heavy atom. The molecular weight excluding hydrogens is 316 g/mol. The van der Waals surface area contributed by atoms with Crippen LogP contribution in [0.15, 0.2) is 59.5 Å². The lowest BCUT2D eigenvalue weighted by molar-refractivity contribution is -0.124. The second kappa shape index (κ2) is 7.92. The monoisotopic (exact) mass is 338 g/mol. The number of benzene rings is 1. The van der Waals surface area contributed by atoms with Gasteiger partial charge in [-0.3, -0.25) is 19.0 Å². The number of ketones is 1. The Balaban J connectivity index is 1.91. The van der Waals surface area contributed by atoms with Crippen molar-refractivity contribution in [2.75, 3.05) is 0 Å². The largest absolute Gasteiger partial charge is 0.351 e. The SMILES string of the molecule is O=C(NC1CCCCC1)[C@H](C(=O)c1ccccc1)n1ccccc1=O. The maximum atomic E-state index is 13.0. The number of pyridine rings is 1. The van der Waals surface area contributed by atoms with Crippen molar-refractivity contribution in [1.29, 1.82) is 0 Å². The highest BCUT2D eigenvalue weighted by Gasteiger charge is 2.31. The van der Waals surface area contributed by atoms with Crippen LogP contribution in [0.5, 0.6) is 0 Å². The van der Waals surface area contributed by atoms with Crippen molar-refractivity contribution in [3.63, 3.8) is 0 Å². The van der Waals surface area contributed by atoms with Gasteiger partial charge >= 0.3 is 0 Å². The van der Waals surface area contributed by atoms with E-state index in [4.69, 9.17) is 0 Å². The van der Waals surface area contributed by atoms with E-state index in [0.717, 1.165) is 25.7 Å². The molecule has 1 aliphatic carbocycles. The van der Waals surface area contributed by atoms with Crippen molar-refractivity contribution in [3.05, 3.63) is 70.6 Å². The normalized spacial score (nSPS) is 16.2. The Labute approximate surface area is 146 Å². The topological polar surface area (TPSA) is 68.2 Å². The van der Waals surface area contributed by atoms with Crippen LogP contribution in [0, 0.1) is 0 Å². The third kappa shape index (κ3) is 4.05. The number of carbonyl (C=O) groups excluding carboxylic acids is 2. The zero-order chi connectivity index (χ0) is 17.6. The third-order valence-corrected chi connectivity index (χ3v) is 4.64. The highest BCUT2D eigenvalue weighted by atomic mass is 16.2. The second-order valence-electron chi connectivity index (χ2n) is 6.42. The predicted molar refractivity (Wildman–Crippen MR) is 95.5 cm³/mol. The van der Waals surface area contributed by atoms with E-state index in [2.05, 4.69) is 5.32 Å². The predicted octanol–water partition coefficient (Wildman–Crippen LogP) is 2.72. The number of rotatable bonds is 5. The van der Waals surface area contributed by atoms with Gasteiger partial charge in [-0.1, -0.05) is 55.7 Å². The minimum atomic E-state index is -1.18. The number of aromatic nitrogens is 1. The quantitative estimate of drug-likeness (QED) is 0.673. The summed E-state index contributed by atoms with van der Waals surface area (Å²) in [5, 5.41) is 2.98. The number of hydrogen-bond acceptors (Lipinski definition) is 3. The van der Waals surface area contributed by atoms with E-state index in [1.54, 1.807) is 36.4 Å². The fourth-order valence-corrected chi connectivity index (χ4v) is 3.31. The maximum absolute atomic E-state index is 13.0. The number of nitrogens with one attached hydrogen (secondary N) is 1. The average Bonchev–Trinajstić information content (AvgIpc) is 2.65. The van der Waals surface area contributed by atoms with E-state index in [1.807, 2.05) is 6.07 Å². The summed E-state index contributed by atoms with van der Waals surface area (Å²) in [7, 11) is 0. The molecule has 1 aliphatic rings. The van der Waals surface area contributed by atoms with Gasteiger partial charge in [0.25, 0.3) is 11.5 Å². The molecule has 0 saturated heterocycles. The van der Waals surface area contributed by atoms with Crippen LogP contribution >= 0.6 is 0 Å². The lowest BCUT2D eigenvalue weighted by Gasteiger charge is -2.26. The van der Waals surface area contributed by atoms with Gasteiger partial charge < -0.3 is 5.32 Å². The Hall–Kier alpha value is -2.69. The molecule has 1 aromatic heterocycles. The van der Waals surface area contributed by atoms with Crippen molar-refractivity contribution in [2.45, 2.75) is 44.2 Å². The van der Waals surface area contributed by atoms with Crippen LogP contribution < -0.4 is 10.9 Å². The maximum Gasteiger partial charge on any atom is 0.251 e. The van der Waals surface area contributed by atoms with Gasteiger partial charge in [0.05, 0.1) is 0 Å². The standard InChI is InChI=1S/C20H22N2O3/c23-17-13-7-8-14-22(17)18(19(24)15-9-3-1-4-10-15)20(25)21-16-11-5-2-6-12-16/h1,3-4,7-10,13-14,16,18H,2,5-6,11-12H2,(H,21,25)/t18-/m0/s1. The molecule has 1 saturated carbocycles. The van der Waals surface area contributed by atoms with Crippen LogP contribution in [-0.2, 0) is 4.79 Å². The zero-order valence-electron chi connectivity index (χ0n) is 14.1. The Morgan fingerprint density at radius 2 is 1.64 bits per heavy atom. The molecule has 1 amide bonds. The highest BCUT2D eigenvalue weighted by Crippen LogP contribution is 2.19. The average molecular weight is 338 g/mol. The molecule has 2 aromatic rings. The molecule has 0 spiro atoms. The molecule has 5 heteroatoms. The van der Waals surface area contributed by atoms with Gasteiger partial charge in [0, 0.05) is 23.9 Å². The van der Waals surface area contributed by atoms with Gasteiger partial charge in [-0.2, -0.15) is 0 Å². The summed E-state index contributed by atoms with van der Waals surface area (Å²) in [6.07, 6.45) is 6.66. The van der Waals surface area contributed by atoms with E-state index in [0.29, 0.717) is 5.56 Å². The minimum Gasteiger partial charge on any atom is -0.351 e. The lowest BCUT2D eigenvalue weighted by atomic mass is 9.94. The number of Topliss-reactive ketones (excluding diaryl/α,β-unsaturated/α-hetero) is 1. The molecule has 1 fully saturated rings. The number of hydrogen-bond donors (Lipinski definition) is 1. The molecule has 0 unspecified atom stereocenters. The van der Waals surface area contributed by atoms with Gasteiger partial charge in [-0.15, -0.1) is 0 Å². The lowest BCUT2D eigenvalue weighted by Crippen LogP contribution is -2.45. The summed E-state index contributed by atoms with van der Waals surface area (Å²) < 4.78 is 1.22. The van der Waals surface area contributed by atoms with Crippen molar-refractivity contribution in [3.8, 4) is 0 Å². The van der Waals surface area contributed by atoms with Crippen LogP contribution in [0.4, 0.5) is 0 Å². The number of carbonyl (C=O) groups is 2. The van der Waals surface area contributed by atoms with E-state index in [9.17, 15) is 14.4 Å². The van der Waals surface area contributed by atoms with Crippen LogP contribution in [0.25, 0.3) is 0 Å². The number of amides is 1. The van der Waals surface area contributed by atoms with Crippen molar-refractivity contribution >= 4 is 11.7 Å². The highest BCUT2D eigenvalue weighted by molar-refractivity contribution is 6.11. The Kier molecular flexibility index (Phi) is 5.43. The minimum absolute atomic E-state index is 0.0757. The molecule has 1 aromatic carbocycles. The second-order valence-corrected chi connectivity index (χ2v) is 6.42. The van der Waals surface area contributed by atoms with E-state index >= 15 is 0 Å². The molecule has 5 nitrogen and oxygen atoms in total. The summed E-state index contributed by atoms with van der Waals surface area (Å²) in [6, 6.07) is 12.1. The first-order chi connectivity index (χ1) is 12.2. The summed E-state index contributed by atoms with van der Waals surface area (Å²) in [5.41, 5.74) is 0.0534. The first kappa shape index (κ1) is 17.1. The first-order valence-electron chi connectivity index (χ1n) is 8.73. The molecular formula is C20H22N2O3. The van der Waals surface area contributed by atoms with Gasteiger partial charge in [-0.25, -0.2) is 0 Å². The van der Waals surface area contributed by atoms with Crippen molar-refractivity contribution < 1.29 is 9.59 Å². The van der Waals surface area contributed by atoms with Crippen LogP contribution in [-0.4, -0.2) is 22.3 Å². The van der Waals surface area contributed by atoms with E-state index in [-0.39, 0.29) is 17.4 Å². The van der Waals surface area contributed by atoms with E-state index in [1.165, 1.54) is 23.3 Å². The molecule has 130 valence electrons. The number of nitrogens with zero attached hydrogens (tertiary/aromatic N) is 1.